The summed E-state index contributed by atoms with van der Waals surface area (Å²) < 4.78 is 0. The van der Waals surface area contributed by atoms with Crippen LogP contribution in [0, 0.1) is 0 Å². The van der Waals surface area contributed by atoms with Crippen molar-refractivity contribution in [2.24, 2.45) is 4.99 Å². The Kier molecular flexibility index (Phi) is 10.5. The maximum absolute atomic E-state index is 4.77. The van der Waals surface area contributed by atoms with Crippen LogP contribution in [0.3, 0.4) is 0 Å². The Labute approximate surface area is 193 Å². The molecule has 0 aromatic carbocycles. The van der Waals surface area contributed by atoms with Gasteiger partial charge in [-0.2, -0.15) is 0 Å². The van der Waals surface area contributed by atoms with Gasteiger partial charge in [-0.15, -0.1) is 0 Å². The van der Waals surface area contributed by atoms with E-state index in [1.807, 2.05) is 7.05 Å². The first kappa shape index (κ1) is 24.7. The molecule has 1 aliphatic carbocycles. The van der Waals surface area contributed by atoms with E-state index in [1.54, 1.807) is 0 Å². The van der Waals surface area contributed by atoms with Crippen LogP contribution in [0.1, 0.15) is 11.4 Å². The number of aromatic nitrogens is 1. The largest absolute Gasteiger partial charge is 0.318 e. The summed E-state index contributed by atoms with van der Waals surface area (Å²) in [7, 11) is 6.31. The van der Waals surface area contributed by atoms with Gasteiger partial charge in [0, 0.05) is 65.4 Å². The van der Waals surface area contributed by atoms with E-state index in [9.17, 15) is 0 Å². The van der Waals surface area contributed by atoms with Crippen molar-refractivity contribution in [1.82, 2.24) is 36.1 Å². The topological polar surface area (TPSA) is 79.9 Å². The van der Waals surface area contributed by atoms with Gasteiger partial charge in [-0.3, -0.25) is 9.98 Å². The van der Waals surface area contributed by atoms with Crippen molar-refractivity contribution in [3.8, 4) is 0 Å². The minimum Gasteiger partial charge on any atom is -0.318 e. The summed E-state index contributed by atoms with van der Waals surface area (Å²) in [6.45, 7) is 9.65. The van der Waals surface area contributed by atoms with Crippen LogP contribution in [0.5, 0.6) is 0 Å². The zero-order chi connectivity index (χ0) is 22.6. The molecule has 176 valence electrons. The molecule has 0 radical (unpaired) electrons. The highest BCUT2D eigenvalue weighted by Gasteiger charge is 2.28. The number of fused-ring (bicyclic) bond motifs is 2. The minimum atomic E-state index is 0.346. The number of rotatable bonds is 17. The molecule has 2 bridgehead atoms. The van der Waals surface area contributed by atoms with Crippen LogP contribution in [-0.2, 0) is 13.1 Å². The molecule has 32 heavy (non-hydrogen) atoms. The van der Waals surface area contributed by atoms with E-state index < -0.39 is 0 Å². The number of likely N-dealkylation sites (N-methyl/N-ethyl adjacent to an activating group) is 3. The molecule has 0 fully saturated rings. The van der Waals surface area contributed by atoms with Gasteiger partial charge >= 0.3 is 0 Å². The Bertz CT molecular complexity index is 776. The molecule has 1 aromatic heterocycles. The Hall–Kier alpha value is -1.94. The monoisotopic (exact) mass is 440 g/mol. The predicted octanol–water partition coefficient (Wildman–Crippen LogP) is 0.210. The van der Waals surface area contributed by atoms with Gasteiger partial charge in [0.2, 0.25) is 0 Å². The van der Waals surface area contributed by atoms with Crippen molar-refractivity contribution in [3.05, 3.63) is 53.5 Å². The third-order valence-electron chi connectivity index (χ3n) is 5.79. The first-order chi connectivity index (χ1) is 15.7. The van der Waals surface area contributed by atoms with Crippen LogP contribution >= 0.6 is 0 Å². The van der Waals surface area contributed by atoms with Crippen LogP contribution in [0.25, 0.3) is 0 Å². The Balaban J connectivity index is 1.22. The zero-order valence-electron chi connectivity index (χ0n) is 19.9. The number of pyridine rings is 1. The van der Waals surface area contributed by atoms with Gasteiger partial charge in [0.1, 0.15) is 0 Å². The van der Waals surface area contributed by atoms with Crippen LogP contribution in [0.15, 0.2) is 47.1 Å². The summed E-state index contributed by atoms with van der Waals surface area (Å²) in [5, 5.41) is 13.8. The van der Waals surface area contributed by atoms with E-state index in [-0.39, 0.29) is 0 Å². The van der Waals surface area contributed by atoms with E-state index in [1.165, 1.54) is 0 Å². The number of hydrogen-bond acceptors (Lipinski definition) is 8. The normalized spacial score (nSPS) is 17.0. The number of aliphatic imine (C=N–C) groups is 1. The average Bonchev–Trinajstić information content (AvgIpc) is 2.81. The van der Waals surface area contributed by atoms with Crippen molar-refractivity contribution in [2.75, 3.05) is 73.5 Å². The molecule has 0 saturated carbocycles. The number of allylic oxidation sites excluding steroid dienone is 2. The van der Waals surface area contributed by atoms with Gasteiger partial charge in [-0.25, -0.2) is 0 Å². The highest BCUT2D eigenvalue weighted by molar-refractivity contribution is 6.08. The zero-order valence-corrected chi connectivity index (χ0v) is 19.9. The van der Waals surface area contributed by atoms with Crippen molar-refractivity contribution in [2.45, 2.75) is 19.1 Å². The first-order valence-electron chi connectivity index (χ1n) is 11.7. The van der Waals surface area contributed by atoms with Crippen molar-refractivity contribution in [1.29, 1.82) is 0 Å². The number of nitrogens with one attached hydrogen (secondary N) is 4. The third-order valence-corrected chi connectivity index (χ3v) is 5.79. The van der Waals surface area contributed by atoms with E-state index in [4.69, 9.17) is 4.98 Å². The van der Waals surface area contributed by atoms with Gasteiger partial charge in [-0.05, 0) is 45.4 Å². The van der Waals surface area contributed by atoms with Gasteiger partial charge in [0.15, 0.2) is 0 Å². The second kappa shape index (κ2) is 13.6. The summed E-state index contributed by atoms with van der Waals surface area (Å²) in [6.07, 6.45) is 6.24. The fourth-order valence-electron chi connectivity index (χ4n) is 3.71. The lowest BCUT2D eigenvalue weighted by Gasteiger charge is -2.30. The molecule has 8 nitrogen and oxygen atoms in total. The summed E-state index contributed by atoms with van der Waals surface area (Å²) in [6, 6.07) is 6.63. The van der Waals surface area contributed by atoms with Gasteiger partial charge < -0.3 is 31.1 Å². The fourth-order valence-corrected chi connectivity index (χ4v) is 3.71. The van der Waals surface area contributed by atoms with Gasteiger partial charge in [0.05, 0.1) is 28.8 Å². The number of nitrogens with zero attached hydrogens (tertiary/aromatic N) is 4. The SMILES string of the molecule is CNCCN(C)CCNCc1cccc(CNCCN(C)CCNC2c3cccc2n3)n1. The lowest BCUT2D eigenvalue weighted by atomic mass is 9.96. The second-order valence-corrected chi connectivity index (χ2v) is 8.56. The number of hydrogen-bond donors (Lipinski definition) is 4. The molecule has 0 saturated heterocycles. The smallest absolute Gasteiger partial charge is 0.0925 e. The molecule has 0 spiro atoms. The molecule has 4 N–H and O–H groups in total. The van der Waals surface area contributed by atoms with Gasteiger partial charge in [0.25, 0.3) is 0 Å². The van der Waals surface area contributed by atoms with Crippen LogP contribution in [-0.4, -0.2) is 100 Å². The van der Waals surface area contributed by atoms with Crippen LogP contribution < -0.4 is 21.3 Å². The molecule has 2 heterocycles. The van der Waals surface area contributed by atoms with E-state index in [2.05, 4.69) is 86.6 Å². The van der Waals surface area contributed by atoms with Crippen molar-refractivity contribution < 1.29 is 0 Å². The first-order valence-corrected chi connectivity index (χ1v) is 11.7. The maximum Gasteiger partial charge on any atom is 0.0925 e. The molecule has 1 unspecified atom stereocenters. The molecule has 1 aliphatic heterocycles. The molecule has 1 atom stereocenters. The highest BCUT2D eigenvalue weighted by Crippen LogP contribution is 2.22. The highest BCUT2D eigenvalue weighted by atomic mass is 15.1. The molecule has 0 amide bonds. The van der Waals surface area contributed by atoms with Crippen molar-refractivity contribution in [3.63, 3.8) is 0 Å². The summed E-state index contributed by atoms with van der Waals surface area (Å²) >= 11 is 0. The quantitative estimate of drug-likeness (QED) is 0.258. The maximum atomic E-state index is 4.77. The Morgan fingerprint density at radius 2 is 1.50 bits per heavy atom. The third kappa shape index (κ3) is 8.20. The standard InChI is InChI=1S/C24H40N8/c1-25-10-14-31(2)15-11-26-18-20-6-4-7-21(29-20)19-27-12-16-32(3)17-13-28-24-22-8-5-9-23(24)30-22/h4-9,24-28H,10-19H2,1-3H3. The minimum absolute atomic E-state index is 0.346. The van der Waals surface area contributed by atoms with E-state index in [0.717, 1.165) is 88.2 Å². The molecule has 2 aliphatic rings. The molecule has 3 rings (SSSR count). The molecular weight excluding hydrogens is 400 g/mol. The van der Waals surface area contributed by atoms with E-state index >= 15 is 0 Å². The summed E-state index contributed by atoms with van der Waals surface area (Å²) in [5.41, 5.74) is 4.52. The lowest BCUT2D eigenvalue weighted by Crippen LogP contribution is -2.47. The fraction of sp³-hybridized carbons (Fsp3) is 0.583. The summed E-state index contributed by atoms with van der Waals surface area (Å²) in [5.74, 6) is 0. The molecule has 1 aromatic rings. The van der Waals surface area contributed by atoms with Crippen LogP contribution in [0.4, 0.5) is 0 Å². The van der Waals surface area contributed by atoms with Gasteiger partial charge in [-0.1, -0.05) is 12.1 Å². The lowest BCUT2D eigenvalue weighted by molar-refractivity contribution is 0.327. The van der Waals surface area contributed by atoms with Crippen molar-refractivity contribution >= 4 is 5.71 Å². The Morgan fingerprint density at radius 3 is 2.06 bits per heavy atom. The van der Waals surface area contributed by atoms with Crippen LogP contribution in [0.2, 0.25) is 0 Å². The molecule has 8 heteroatoms. The van der Waals surface area contributed by atoms with E-state index in [0.29, 0.717) is 6.04 Å². The second-order valence-electron chi connectivity index (χ2n) is 8.56. The average molecular weight is 441 g/mol. The Morgan fingerprint density at radius 1 is 0.875 bits per heavy atom. The predicted molar refractivity (Wildman–Crippen MR) is 133 cm³/mol. The summed E-state index contributed by atoms with van der Waals surface area (Å²) in [4.78, 5) is 13.9. The molecular formula is C24H40N8.